The van der Waals surface area contributed by atoms with Crippen LogP contribution in [0.4, 0.5) is 5.69 Å². The predicted molar refractivity (Wildman–Crippen MR) is 106 cm³/mol. The first kappa shape index (κ1) is 20.5. The highest BCUT2D eigenvalue weighted by atomic mass is 35.5. The van der Waals surface area contributed by atoms with E-state index in [9.17, 15) is 0 Å². The van der Waals surface area contributed by atoms with Crippen LogP contribution in [0.2, 0.25) is 0 Å². The van der Waals surface area contributed by atoms with Gasteiger partial charge in [-0.1, -0.05) is 20.3 Å². The molecule has 0 aliphatic carbocycles. The van der Waals surface area contributed by atoms with Gasteiger partial charge >= 0.3 is 0 Å². The molecule has 0 aliphatic rings. The summed E-state index contributed by atoms with van der Waals surface area (Å²) in [5.74, 6) is 0.872. The van der Waals surface area contributed by atoms with Crippen molar-refractivity contribution >= 4 is 29.0 Å². The number of ether oxygens (including phenoxy) is 1. The zero-order valence-corrected chi connectivity index (χ0v) is 16.0. The van der Waals surface area contributed by atoms with Crippen LogP contribution in [0.1, 0.15) is 38.7 Å². The van der Waals surface area contributed by atoms with E-state index in [1.54, 1.807) is 7.11 Å². The molecule has 0 radical (unpaired) electrons. The van der Waals surface area contributed by atoms with E-state index in [1.165, 1.54) is 18.4 Å². The molecule has 0 bridgehead atoms. The number of hydrogen-bond donors (Lipinski definition) is 2. The fourth-order valence-electron chi connectivity index (χ4n) is 2.65. The van der Waals surface area contributed by atoms with Gasteiger partial charge in [-0.25, -0.2) is 0 Å². The van der Waals surface area contributed by atoms with Gasteiger partial charge in [0.15, 0.2) is 0 Å². The lowest BCUT2D eigenvalue weighted by molar-refractivity contribution is 0.415. The summed E-state index contributed by atoms with van der Waals surface area (Å²) in [6.07, 6.45) is 5.47. The van der Waals surface area contributed by atoms with Gasteiger partial charge in [-0.2, -0.15) is 0 Å². The molecule has 2 aromatic rings. The molecule has 0 saturated carbocycles. The van der Waals surface area contributed by atoms with Crippen molar-refractivity contribution in [1.29, 1.82) is 0 Å². The molecule has 1 aromatic carbocycles. The average molecular weight is 352 g/mol. The van der Waals surface area contributed by atoms with Gasteiger partial charge in [-0.3, -0.25) is 4.98 Å². The first-order valence-corrected chi connectivity index (χ1v) is 8.52. The number of unbranched alkanes of at least 4 members (excludes halogenated alkanes) is 2. The van der Waals surface area contributed by atoms with Crippen molar-refractivity contribution in [3.63, 3.8) is 0 Å². The van der Waals surface area contributed by atoms with E-state index >= 15 is 0 Å². The number of pyridine rings is 1. The van der Waals surface area contributed by atoms with Crippen LogP contribution in [0.15, 0.2) is 24.4 Å². The third-order valence-electron chi connectivity index (χ3n) is 3.99. The molecule has 4 nitrogen and oxygen atoms in total. The molecular formula is C19H30ClN3O. The average Bonchev–Trinajstić information content (AvgIpc) is 2.54. The molecule has 2 rings (SSSR count). The number of methoxy groups -OCH3 is 1. The van der Waals surface area contributed by atoms with Crippen LogP contribution in [0.5, 0.6) is 5.75 Å². The normalized spacial score (nSPS) is 10.7. The first-order valence-electron chi connectivity index (χ1n) is 8.52. The number of halogens is 1. The van der Waals surface area contributed by atoms with Crippen LogP contribution < -0.4 is 15.4 Å². The van der Waals surface area contributed by atoms with Gasteiger partial charge in [0.2, 0.25) is 0 Å². The van der Waals surface area contributed by atoms with Gasteiger partial charge in [-0.15, -0.1) is 12.4 Å². The maximum absolute atomic E-state index is 5.42. The van der Waals surface area contributed by atoms with E-state index < -0.39 is 0 Å². The quantitative estimate of drug-likeness (QED) is 0.650. The summed E-state index contributed by atoms with van der Waals surface area (Å²) in [6.45, 7) is 8.53. The second-order valence-electron chi connectivity index (χ2n) is 6.30. The summed E-state index contributed by atoms with van der Waals surface area (Å²) in [5, 5.41) is 8.13. The standard InChI is InChI=1S/C19H29N3O.ClH/c1-14(2)20-9-6-5-7-10-21-18-13-16(23-4)12-17-15(3)8-11-22-19(17)18;/h8,11-14,20-21H,5-7,9-10H2,1-4H3;1H. The number of nitrogens with zero attached hydrogens (tertiary/aromatic N) is 1. The molecular weight excluding hydrogens is 322 g/mol. The summed E-state index contributed by atoms with van der Waals surface area (Å²) in [6, 6.07) is 6.70. The zero-order chi connectivity index (χ0) is 16.7. The number of anilines is 1. The van der Waals surface area contributed by atoms with Gasteiger partial charge in [0.1, 0.15) is 5.75 Å². The number of aromatic nitrogens is 1. The van der Waals surface area contributed by atoms with E-state index in [0.717, 1.165) is 41.9 Å². The van der Waals surface area contributed by atoms with Crippen LogP contribution in [0.3, 0.4) is 0 Å². The lowest BCUT2D eigenvalue weighted by atomic mass is 10.1. The molecule has 1 heterocycles. The molecule has 5 heteroatoms. The molecule has 0 aliphatic heterocycles. The van der Waals surface area contributed by atoms with E-state index in [2.05, 4.69) is 42.5 Å². The molecule has 24 heavy (non-hydrogen) atoms. The predicted octanol–water partition coefficient (Wildman–Crippen LogP) is 4.55. The van der Waals surface area contributed by atoms with Crippen LogP contribution >= 0.6 is 12.4 Å². The Labute approximate surface area is 151 Å². The Balaban J connectivity index is 0.00000288. The molecule has 0 amide bonds. The van der Waals surface area contributed by atoms with Gasteiger partial charge in [0.25, 0.3) is 0 Å². The van der Waals surface area contributed by atoms with Crippen molar-refractivity contribution in [2.45, 2.75) is 46.1 Å². The summed E-state index contributed by atoms with van der Waals surface area (Å²) < 4.78 is 5.42. The van der Waals surface area contributed by atoms with E-state index in [-0.39, 0.29) is 12.4 Å². The van der Waals surface area contributed by atoms with Gasteiger partial charge < -0.3 is 15.4 Å². The monoisotopic (exact) mass is 351 g/mol. The minimum atomic E-state index is 0. The fourth-order valence-corrected chi connectivity index (χ4v) is 2.65. The summed E-state index contributed by atoms with van der Waals surface area (Å²) in [5.41, 5.74) is 3.30. The molecule has 0 saturated heterocycles. The lowest BCUT2D eigenvalue weighted by Crippen LogP contribution is -2.23. The molecule has 1 aromatic heterocycles. The Morgan fingerprint density at radius 3 is 2.58 bits per heavy atom. The van der Waals surface area contributed by atoms with Crippen molar-refractivity contribution in [3.8, 4) is 5.75 Å². The number of benzene rings is 1. The smallest absolute Gasteiger partial charge is 0.121 e. The fraction of sp³-hybridized carbons (Fsp3) is 0.526. The van der Waals surface area contributed by atoms with E-state index in [4.69, 9.17) is 4.74 Å². The second-order valence-corrected chi connectivity index (χ2v) is 6.30. The van der Waals surface area contributed by atoms with Crippen LogP contribution in [-0.2, 0) is 0 Å². The Morgan fingerprint density at radius 2 is 1.88 bits per heavy atom. The van der Waals surface area contributed by atoms with Crippen molar-refractivity contribution in [1.82, 2.24) is 10.3 Å². The third kappa shape index (κ3) is 5.84. The minimum absolute atomic E-state index is 0. The van der Waals surface area contributed by atoms with Crippen LogP contribution in [-0.4, -0.2) is 31.2 Å². The molecule has 0 spiro atoms. The second kappa shape index (κ2) is 10.4. The van der Waals surface area contributed by atoms with Crippen molar-refractivity contribution < 1.29 is 4.74 Å². The highest BCUT2D eigenvalue weighted by Crippen LogP contribution is 2.29. The summed E-state index contributed by atoms with van der Waals surface area (Å²) in [4.78, 5) is 4.54. The number of nitrogens with one attached hydrogen (secondary N) is 2. The highest BCUT2D eigenvalue weighted by Gasteiger charge is 2.07. The summed E-state index contributed by atoms with van der Waals surface area (Å²) >= 11 is 0. The number of rotatable bonds is 9. The third-order valence-corrected chi connectivity index (χ3v) is 3.99. The van der Waals surface area contributed by atoms with Crippen molar-refractivity contribution in [2.24, 2.45) is 0 Å². The number of aryl methyl sites for hydroxylation is 1. The SMILES string of the molecule is COc1cc(NCCCCCNC(C)C)c2nccc(C)c2c1.Cl. The Morgan fingerprint density at radius 1 is 1.12 bits per heavy atom. The van der Waals surface area contributed by atoms with E-state index in [0.29, 0.717) is 6.04 Å². The molecule has 134 valence electrons. The van der Waals surface area contributed by atoms with Crippen LogP contribution in [0, 0.1) is 6.92 Å². The molecule has 2 N–H and O–H groups in total. The maximum atomic E-state index is 5.42. The van der Waals surface area contributed by atoms with Gasteiger partial charge in [0, 0.05) is 30.2 Å². The molecule has 0 fully saturated rings. The van der Waals surface area contributed by atoms with Crippen LogP contribution in [0.25, 0.3) is 10.9 Å². The van der Waals surface area contributed by atoms with E-state index in [1.807, 2.05) is 18.3 Å². The zero-order valence-electron chi connectivity index (χ0n) is 15.2. The number of hydrogen-bond acceptors (Lipinski definition) is 4. The topological polar surface area (TPSA) is 46.2 Å². The van der Waals surface area contributed by atoms with Crippen molar-refractivity contribution in [2.75, 3.05) is 25.5 Å². The molecule has 0 atom stereocenters. The van der Waals surface area contributed by atoms with Gasteiger partial charge in [0.05, 0.1) is 18.3 Å². The van der Waals surface area contributed by atoms with Gasteiger partial charge in [-0.05, 0) is 44.0 Å². The Kier molecular flexibility index (Phi) is 8.87. The summed E-state index contributed by atoms with van der Waals surface area (Å²) in [7, 11) is 1.71. The Bertz CT molecular complexity index is 631. The Hall–Kier alpha value is -1.52. The maximum Gasteiger partial charge on any atom is 0.121 e. The molecule has 0 unspecified atom stereocenters. The largest absolute Gasteiger partial charge is 0.497 e. The minimum Gasteiger partial charge on any atom is -0.497 e. The number of fused-ring (bicyclic) bond motifs is 1. The first-order chi connectivity index (χ1) is 11.1. The van der Waals surface area contributed by atoms with Crippen molar-refractivity contribution in [3.05, 3.63) is 30.0 Å². The highest BCUT2D eigenvalue weighted by molar-refractivity contribution is 5.93. The lowest BCUT2D eigenvalue weighted by Gasteiger charge is -2.13.